The maximum atomic E-state index is 9.76. The highest BCUT2D eigenvalue weighted by Crippen LogP contribution is 2.33. The van der Waals surface area contributed by atoms with Gasteiger partial charge < -0.3 is 14.4 Å². The van der Waals surface area contributed by atoms with E-state index in [1.54, 1.807) is 6.07 Å². The van der Waals surface area contributed by atoms with Crippen molar-refractivity contribution in [2.75, 3.05) is 0 Å². The van der Waals surface area contributed by atoms with E-state index in [1.165, 1.54) is 0 Å². The van der Waals surface area contributed by atoms with Crippen molar-refractivity contribution in [3.63, 3.8) is 0 Å². The maximum Gasteiger partial charge on any atom is 0.494 e. The molecule has 0 radical (unpaired) electrons. The summed E-state index contributed by atoms with van der Waals surface area (Å²) < 4.78 is 12.1. The van der Waals surface area contributed by atoms with E-state index in [4.69, 9.17) is 9.31 Å². The van der Waals surface area contributed by atoms with Crippen molar-refractivity contribution in [1.29, 1.82) is 0 Å². The number of phenolic OH excluding ortho intramolecular Hbond substituents is 1. The van der Waals surface area contributed by atoms with E-state index in [0.717, 1.165) is 23.9 Å². The highest BCUT2D eigenvalue weighted by molar-refractivity contribution is 6.61. The second-order valence-electron chi connectivity index (χ2n) is 6.51. The lowest BCUT2D eigenvalue weighted by molar-refractivity contribution is -0.0716. The van der Waals surface area contributed by atoms with Gasteiger partial charge in [0.05, 0.1) is 11.2 Å². The van der Waals surface area contributed by atoms with E-state index in [0.29, 0.717) is 5.75 Å². The minimum absolute atomic E-state index is 0.212. The van der Waals surface area contributed by atoms with Crippen LogP contribution in [-0.4, -0.2) is 23.4 Å². The molecule has 1 aliphatic heterocycles. The molecule has 1 heterocycles. The van der Waals surface area contributed by atoms with E-state index in [9.17, 15) is 5.11 Å². The van der Waals surface area contributed by atoms with E-state index in [1.807, 2.05) is 19.1 Å². The van der Waals surface area contributed by atoms with Gasteiger partial charge in [-0.1, -0.05) is 19.1 Å². The van der Waals surface area contributed by atoms with Crippen LogP contribution in [0.15, 0.2) is 18.2 Å². The summed E-state index contributed by atoms with van der Waals surface area (Å²) in [6, 6.07) is 5.56. The summed E-state index contributed by atoms with van der Waals surface area (Å²) in [6.45, 7) is 10.4. The van der Waals surface area contributed by atoms with Gasteiger partial charge in [-0.25, -0.2) is 0 Å². The fourth-order valence-electron chi connectivity index (χ4n) is 2.88. The number of aromatic hydroxyl groups is 1. The third kappa shape index (κ3) is 3.31. The zero-order valence-electron chi connectivity index (χ0n) is 12.5. The van der Waals surface area contributed by atoms with Crippen LogP contribution in [0.1, 0.15) is 46.6 Å². The van der Waals surface area contributed by atoms with Crippen molar-refractivity contribution in [1.82, 2.24) is 0 Å². The van der Waals surface area contributed by atoms with Gasteiger partial charge in [0.2, 0.25) is 0 Å². The molecule has 4 heteroatoms. The highest BCUT2D eigenvalue weighted by atomic mass is 16.6. The Bertz CT molecular complexity index is 452. The molecule has 1 aromatic rings. The SMILES string of the molecule is CCc1cc(B2OC(C)(C)CC(C)(C)O2)ccc1O. The fraction of sp³-hybridized carbons (Fsp3) is 0.600. The highest BCUT2D eigenvalue weighted by Gasteiger charge is 2.43. The normalized spacial score (nSPS) is 21.4. The fourth-order valence-corrected chi connectivity index (χ4v) is 2.88. The van der Waals surface area contributed by atoms with E-state index >= 15 is 0 Å². The van der Waals surface area contributed by atoms with Gasteiger partial charge in [0, 0.05) is 6.42 Å². The zero-order chi connectivity index (χ0) is 14.3. The maximum absolute atomic E-state index is 9.76. The second kappa shape index (κ2) is 4.84. The first-order chi connectivity index (χ1) is 8.72. The zero-order valence-corrected chi connectivity index (χ0v) is 12.5. The summed E-state index contributed by atoms with van der Waals surface area (Å²) in [5, 5.41) is 9.76. The van der Waals surface area contributed by atoms with Crippen LogP contribution >= 0.6 is 0 Å². The molecule has 19 heavy (non-hydrogen) atoms. The Morgan fingerprint density at radius 3 is 2.26 bits per heavy atom. The van der Waals surface area contributed by atoms with Gasteiger partial charge in [-0.05, 0) is 51.2 Å². The quantitative estimate of drug-likeness (QED) is 0.833. The summed E-state index contributed by atoms with van der Waals surface area (Å²) in [6.07, 6.45) is 1.65. The minimum atomic E-state index is -0.371. The van der Waals surface area contributed by atoms with Crippen LogP contribution in [0.2, 0.25) is 0 Å². The molecule has 0 bridgehead atoms. The monoisotopic (exact) mass is 262 g/mol. The molecular weight excluding hydrogens is 239 g/mol. The average molecular weight is 262 g/mol. The van der Waals surface area contributed by atoms with Crippen LogP contribution < -0.4 is 5.46 Å². The van der Waals surface area contributed by atoms with E-state index in [2.05, 4.69) is 27.7 Å². The number of aryl methyl sites for hydroxylation is 1. The number of hydrogen-bond acceptors (Lipinski definition) is 3. The summed E-state index contributed by atoms with van der Waals surface area (Å²) in [4.78, 5) is 0. The van der Waals surface area contributed by atoms with E-state index in [-0.39, 0.29) is 18.3 Å². The summed E-state index contributed by atoms with van der Waals surface area (Å²) in [7, 11) is -0.371. The molecule has 1 aliphatic rings. The van der Waals surface area contributed by atoms with Crippen molar-refractivity contribution < 1.29 is 14.4 Å². The third-order valence-corrected chi connectivity index (χ3v) is 3.46. The van der Waals surface area contributed by atoms with Crippen molar-refractivity contribution in [2.45, 2.75) is 58.7 Å². The molecule has 3 nitrogen and oxygen atoms in total. The lowest BCUT2D eigenvalue weighted by Gasteiger charge is -2.44. The number of rotatable bonds is 2. The summed E-state index contributed by atoms with van der Waals surface area (Å²) >= 11 is 0. The van der Waals surface area contributed by atoms with Crippen LogP contribution in [0.25, 0.3) is 0 Å². The van der Waals surface area contributed by atoms with Crippen LogP contribution in [0.5, 0.6) is 5.75 Å². The largest absolute Gasteiger partial charge is 0.508 e. The topological polar surface area (TPSA) is 38.7 Å². The van der Waals surface area contributed by atoms with Crippen LogP contribution in [-0.2, 0) is 15.7 Å². The predicted molar refractivity (Wildman–Crippen MR) is 77.8 cm³/mol. The molecule has 0 aromatic heterocycles. The molecule has 1 fully saturated rings. The Labute approximate surface area is 116 Å². The Morgan fingerprint density at radius 2 is 1.74 bits per heavy atom. The molecule has 1 saturated heterocycles. The van der Waals surface area contributed by atoms with Gasteiger partial charge >= 0.3 is 7.12 Å². The average Bonchev–Trinajstić information content (AvgIpc) is 2.25. The predicted octanol–water partition coefficient (Wildman–Crippen LogP) is 2.64. The summed E-state index contributed by atoms with van der Waals surface area (Å²) in [5.74, 6) is 0.334. The van der Waals surface area contributed by atoms with Gasteiger partial charge in [-0.2, -0.15) is 0 Å². The second-order valence-corrected chi connectivity index (χ2v) is 6.51. The first-order valence-corrected chi connectivity index (χ1v) is 6.90. The van der Waals surface area contributed by atoms with Crippen molar-refractivity contribution in [2.24, 2.45) is 0 Å². The van der Waals surface area contributed by atoms with Crippen LogP contribution in [0.4, 0.5) is 0 Å². The van der Waals surface area contributed by atoms with Crippen molar-refractivity contribution in [3.05, 3.63) is 23.8 Å². The van der Waals surface area contributed by atoms with Gasteiger partial charge in [-0.3, -0.25) is 0 Å². The molecule has 1 aromatic carbocycles. The molecule has 1 N–H and O–H groups in total. The molecule has 0 amide bonds. The lowest BCUT2D eigenvalue weighted by Crippen LogP contribution is -2.56. The minimum Gasteiger partial charge on any atom is -0.508 e. The van der Waals surface area contributed by atoms with Gasteiger partial charge in [-0.15, -0.1) is 0 Å². The van der Waals surface area contributed by atoms with Crippen LogP contribution in [0, 0.1) is 0 Å². The number of hydrogen-bond donors (Lipinski definition) is 1. The molecule has 0 spiro atoms. The van der Waals surface area contributed by atoms with Crippen molar-refractivity contribution in [3.8, 4) is 5.75 Å². The Morgan fingerprint density at radius 1 is 1.16 bits per heavy atom. The number of phenols is 1. The first kappa shape index (κ1) is 14.4. The third-order valence-electron chi connectivity index (χ3n) is 3.46. The Kier molecular flexibility index (Phi) is 3.67. The molecule has 0 aliphatic carbocycles. The van der Waals surface area contributed by atoms with Gasteiger partial charge in [0.1, 0.15) is 5.75 Å². The lowest BCUT2D eigenvalue weighted by atomic mass is 9.72. The molecule has 0 unspecified atom stereocenters. The Hall–Kier alpha value is -0.995. The van der Waals surface area contributed by atoms with Gasteiger partial charge in [0.15, 0.2) is 0 Å². The molecule has 2 rings (SSSR count). The first-order valence-electron chi connectivity index (χ1n) is 6.90. The molecule has 0 atom stereocenters. The smallest absolute Gasteiger partial charge is 0.494 e. The standard InChI is InChI=1S/C15H23BO3/c1-6-11-9-12(7-8-13(11)17)16-18-14(2,3)10-15(4,5)19-16/h7-9,17H,6,10H2,1-5H3. The Balaban J connectivity index is 2.30. The van der Waals surface area contributed by atoms with Gasteiger partial charge in [0.25, 0.3) is 0 Å². The molecule has 104 valence electrons. The molecule has 0 saturated carbocycles. The van der Waals surface area contributed by atoms with Crippen LogP contribution in [0.3, 0.4) is 0 Å². The molecular formula is C15H23BO3. The van der Waals surface area contributed by atoms with E-state index < -0.39 is 0 Å². The van der Waals surface area contributed by atoms with Crippen molar-refractivity contribution >= 4 is 12.6 Å². The summed E-state index contributed by atoms with van der Waals surface area (Å²) in [5.41, 5.74) is 1.47. The number of benzene rings is 1.